The van der Waals surface area contributed by atoms with Crippen LogP contribution in [0.25, 0.3) is 17.0 Å². The summed E-state index contributed by atoms with van der Waals surface area (Å²) < 4.78 is 16.3. The van der Waals surface area contributed by atoms with Crippen molar-refractivity contribution in [3.63, 3.8) is 0 Å². The van der Waals surface area contributed by atoms with Crippen LogP contribution in [0, 0.1) is 11.2 Å². The molecule has 0 spiro atoms. The summed E-state index contributed by atoms with van der Waals surface area (Å²) in [5.41, 5.74) is 4.91. The number of aliphatic hydroxyl groups excluding tert-OH is 1. The third-order valence-corrected chi connectivity index (χ3v) is 6.28. The van der Waals surface area contributed by atoms with Crippen LogP contribution in [0.5, 0.6) is 0 Å². The molecule has 2 aromatic rings. The summed E-state index contributed by atoms with van der Waals surface area (Å²) >= 11 is 0. The highest BCUT2D eigenvalue weighted by Gasteiger charge is 2.32. The highest BCUT2D eigenvalue weighted by molar-refractivity contribution is 5.89. The first-order valence-corrected chi connectivity index (χ1v) is 9.28. The molecule has 1 aliphatic carbocycles. The molecule has 1 aromatic heterocycles. The molecule has 2 heterocycles. The molecule has 3 nitrogen and oxygen atoms in total. The van der Waals surface area contributed by atoms with Crippen molar-refractivity contribution in [2.75, 3.05) is 13.1 Å². The van der Waals surface area contributed by atoms with Crippen molar-refractivity contribution in [3.8, 4) is 0 Å². The average Bonchev–Trinajstić information content (AvgIpc) is 2.79. The molecular formula is C21H27FN2O. The molecule has 2 unspecified atom stereocenters. The maximum atomic E-state index is 14.0. The van der Waals surface area contributed by atoms with Gasteiger partial charge in [-0.3, -0.25) is 0 Å². The Morgan fingerprint density at radius 1 is 1.32 bits per heavy atom. The van der Waals surface area contributed by atoms with Crippen molar-refractivity contribution in [2.45, 2.75) is 52.2 Å². The molecular weight excluding hydrogens is 315 g/mol. The van der Waals surface area contributed by atoms with Crippen LogP contribution in [0.2, 0.25) is 0 Å². The van der Waals surface area contributed by atoms with Gasteiger partial charge in [0.25, 0.3) is 0 Å². The summed E-state index contributed by atoms with van der Waals surface area (Å²) in [5.74, 6) is -0.192. The summed E-state index contributed by atoms with van der Waals surface area (Å²) in [4.78, 5) is 0. The van der Waals surface area contributed by atoms with Gasteiger partial charge in [0.1, 0.15) is 5.82 Å². The Hall–Kier alpha value is -1.65. The van der Waals surface area contributed by atoms with E-state index in [1.165, 1.54) is 17.2 Å². The highest BCUT2D eigenvalue weighted by atomic mass is 19.1. The second-order valence-corrected chi connectivity index (χ2v) is 8.23. The Balaban J connectivity index is 1.99. The average molecular weight is 342 g/mol. The van der Waals surface area contributed by atoms with Gasteiger partial charge in [0.2, 0.25) is 0 Å². The normalized spacial score (nSPS) is 26.2. The van der Waals surface area contributed by atoms with E-state index in [0.717, 1.165) is 42.4 Å². The monoisotopic (exact) mass is 342 g/mol. The van der Waals surface area contributed by atoms with E-state index < -0.39 is 6.10 Å². The van der Waals surface area contributed by atoms with Crippen LogP contribution in [-0.2, 0) is 6.42 Å². The SMILES string of the molecule is CC1=Cc2c(c3cc(F)ccc3n2C2CCNCC2O)CCC1(C)C. The third kappa shape index (κ3) is 2.72. The zero-order chi connectivity index (χ0) is 17.8. The Morgan fingerprint density at radius 2 is 2.12 bits per heavy atom. The number of fused-ring (bicyclic) bond motifs is 3. The van der Waals surface area contributed by atoms with Crippen molar-refractivity contribution in [2.24, 2.45) is 5.41 Å². The van der Waals surface area contributed by atoms with Gasteiger partial charge in [-0.1, -0.05) is 19.4 Å². The number of hydrogen-bond donors (Lipinski definition) is 2. The van der Waals surface area contributed by atoms with Crippen LogP contribution in [0.3, 0.4) is 0 Å². The number of hydrogen-bond acceptors (Lipinski definition) is 2. The van der Waals surface area contributed by atoms with Crippen molar-refractivity contribution >= 4 is 17.0 Å². The number of nitrogens with zero attached hydrogens (tertiary/aromatic N) is 1. The van der Waals surface area contributed by atoms with E-state index in [1.54, 1.807) is 6.07 Å². The predicted molar refractivity (Wildman–Crippen MR) is 100 cm³/mol. The van der Waals surface area contributed by atoms with E-state index in [1.807, 2.05) is 6.07 Å². The number of aryl methyl sites for hydroxylation is 1. The number of allylic oxidation sites excluding steroid dienone is 1. The number of nitrogens with one attached hydrogen (secondary N) is 1. The Bertz CT molecular complexity index is 849. The largest absolute Gasteiger partial charge is 0.390 e. The topological polar surface area (TPSA) is 37.2 Å². The van der Waals surface area contributed by atoms with Gasteiger partial charge in [0, 0.05) is 23.1 Å². The Kier molecular flexibility index (Phi) is 4.00. The van der Waals surface area contributed by atoms with Crippen LogP contribution in [0.15, 0.2) is 23.8 Å². The van der Waals surface area contributed by atoms with E-state index in [2.05, 4.69) is 36.7 Å². The van der Waals surface area contributed by atoms with E-state index in [-0.39, 0.29) is 17.3 Å². The van der Waals surface area contributed by atoms with Crippen molar-refractivity contribution in [1.29, 1.82) is 0 Å². The molecule has 2 atom stereocenters. The van der Waals surface area contributed by atoms with Gasteiger partial charge < -0.3 is 15.0 Å². The molecule has 1 fully saturated rings. The fraction of sp³-hybridized carbons (Fsp3) is 0.524. The number of halogens is 1. The number of aromatic nitrogens is 1. The van der Waals surface area contributed by atoms with Crippen molar-refractivity contribution in [3.05, 3.63) is 40.8 Å². The third-order valence-electron chi connectivity index (χ3n) is 6.28. The molecule has 2 aliphatic rings. The van der Waals surface area contributed by atoms with E-state index in [0.29, 0.717) is 6.54 Å². The Labute approximate surface area is 148 Å². The highest BCUT2D eigenvalue weighted by Crippen LogP contribution is 2.42. The second-order valence-electron chi connectivity index (χ2n) is 8.23. The number of piperidine rings is 1. The van der Waals surface area contributed by atoms with E-state index in [4.69, 9.17) is 0 Å². The molecule has 0 amide bonds. The first-order chi connectivity index (χ1) is 11.9. The van der Waals surface area contributed by atoms with Gasteiger partial charge in [-0.25, -0.2) is 4.39 Å². The number of aliphatic hydroxyl groups is 1. The van der Waals surface area contributed by atoms with Crippen LogP contribution < -0.4 is 5.32 Å². The lowest BCUT2D eigenvalue weighted by molar-refractivity contribution is 0.0891. The van der Waals surface area contributed by atoms with Crippen LogP contribution in [0.1, 0.15) is 50.9 Å². The van der Waals surface area contributed by atoms with Crippen LogP contribution in [0.4, 0.5) is 4.39 Å². The van der Waals surface area contributed by atoms with Crippen molar-refractivity contribution < 1.29 is 9.50 Å². The zero-order valence-electron chi connectivity index (χ0n) is 15.3. The summed E-state index contributed by atoms with van der Waals surface area (Å²) in [7, 11) is 0. The fourth-order valence-corrected chi connectivity index (χ4v) is 4.31. The molecule has 25 heavy (non-hydrogen) atoms. The number of benzene rings is 1. The van der Waals surface area contributed by atoms with Crippen LogP contribution >= 0.6 is 0 Å². The van der Waals surface area contributed by atoms with Gasteiger partial charge in [-0.05, 0) is 68.0 Å². The molecule has 4 rings (SSSR count). The molecule has 4 heteroatoms. The minimum atomic E-state index is -0.427. The second kappa shape index (κ2) is 5.96. The first-order valence-electron chi connectivity index (χ1n) is 9.28. The lowest BCUT2D eigenvalue weighted by Crippen LogP contribution is -2.41. The maximum Gasteiger partial charge on any atom is 0.123 e. The molecule has 134 valence electrons. The standard InChI is InChI=1S/C21H27FN2O/c1-13-10-19-15(6-8-21(13,2)3)16-11-14(22)4-5-17(16)24(19)18-7-9-23-12-20(18)25/h4-5,10-11,18,20,23,25H,6-9,12H2,1-3H3. The number of rotatable bonds is 1. The van der Waals surface area contributed by atoms with Gasteiger partial charge in [-0.15, -0.1) is 0 Å². The molecule has 0 bridgehead atoms. The summed E-state index contributed by atoms with van der Waals surface area (Å²) in [6, 6.07) is 5.11. The molecule has 2 N–H and O–H groups in total. The van der Waals surface area contributed by atoms with E-state index >= 15 is 0 Å². The molecule has 1 aliphatic heterocycles. The van der Waals surface area contributed by atoms with Gasteiger partial charge >= 0.3 is 0 Å². The van der Waals surface area contributed by atoms with Gasteiger partial charge in [-0.2, -0.15) is 0 Å². The van der Waals surface area contributed by atoms with E-state index in [9.17, 15) is 9.50 Å². The molecule has 0 radical (unpaired) electrons. The summed E-state index contributed by atoms with van der Waals surface area (Å²) in [5, 5.41) is 14.9. The minimum absolute atomic E-state index is 0.0308. The van der Waals surface area contributed by atoms with Crippen molar-refractivity contribution in [1.82, 2.24) is 9.88 Å². The summed E-state index contributed by atoms with van der Waals surface area (Å²) in [6.45, 7) is 8.24. The zero-order valence-corrected chi connectivity index (χ0v) is 15.3. The van der Waals surface area contributed by atoms with Gasteiger partial charge in [0.15, 0.2) is 0 Å². The van der Waals surface area contributed by atoms with Crippen LogP contribution in [-0.4, -0.2) is 28.9 Å². The lowest BCUT2D eigenvalue weighted by atomic mass is 9.81. The maximum absolute atomic E-state index is 14.0. The molecule has 1 aromatic carbocycles. The summed E-state index contributed by atoms with van der Waals surface area (Å²) in [6.07, 6.45) is 4.71. The molecule has 1 saturated heterocycles. The predicted octanol–water partition coefficient (Wildman–Crippen LogP) is 4.05. The quantitative estimate of drug-likeness (QED) is 0.820. The lowest BCUT2D eigenvalue weighted by Gasteiger charge is -2.31. The number of β-amino-alcohol motifs (C(OH)–C–C–N with tert-alkyl or cyclic N) is 1. The first kappa shape index (κ1) is 16.8. The molecule has 0 saturated carbocycles. The van der Waals surface area contributed by atoms with Gasteiger partial charge in [0.05, 0.1) is 12.1 Å². The smallest absolute Gasteiger partial charge is 0.123 e. The Morgan fingerprint density at radius 3 is 2.88 bits per heavy atom. The fourth-order valence-electron chi connectivity index (χ4n) is 4.31. The minimum Gasteiger partial charge on any atom is -0.390 e.